The predicted molar refractivity (Wildman–Crippen MR) is 64.3 cm³/mol. The molecule has 0 atom stereocenters. The third-order valence-corrected chi connectivity index (χ3v) is 2.50. The van der Waals surface area contributed by atoms with Crippen LogP contribution in [-0.4, -0.2) is 19.1 Å². The largest absolute Gasteiger partial charge is 0.462 e. The molecule has 0 spiro atoms. The lowest BCUT2D eigenvalue weighted by Gasteiger charge is -2.07. The number of hydrogen-bond donors (Lipinski definition) is 1. The first-order chi connectivity index (χ1) is 7.19. The quantitative estimate of drug-likeness (QED) is 0.856. The first-order valence-electron chi connectivity index (χ1n) is 4.89. The minimum absolute atomic E-state index is 0.291. The summed E-state index contributed by atoms with van der Waals surface area (Å²) in [7, 11) is 0. The summed E-state index contributed by atoms with van der Waals surface area (Å²) in [5.74, 6) is -0.291. The van der Waals surface area contributed by atoms with E-state index in [0.29, 0.717) is 12.2 Å². The van der Waals surface area contributed by atoms with Crippen molar-refractivity contribution in [2.24, 2.45) is 0 Å². The maximum absolute atomic E-state index is 11.4. The van der Waals surface area contributed by atoms with Gasteiger partial charge in [0.05, 0.1) is 12.2 Å². The lowest BCUT2D eigenvalue weighted by Crippen LogP contribution is -2.05. The van der Waals surface area contributed by atoms with E-state index in [0.717, 1.165) is 16.7 Å². The smallest absolute Gasteiger partial charge is 0.338 e. The van der Waals surface area contributed by atoms with Gasteiger partial charge >= 0.3 is 5.97 Å². The van der Waals surface area contributed by atoms with Crippen molar-refractivity contribution < 1.29 is 9.53 Å². The van der Waals surface area contributed by atoms with Crippen LogP contribution in [-0.2, 0) is 4.74 Å². The van der Waals surface area contributed by atoms with Gasteiger partial charge in [-0.05, 0) is 48.0 Å². The first kappa shape index (κ1) is 12.0. The molecule has 3 nitrogen and oxygen atoms in total. The molecule has 0 aliphatic rings. The zero-order chi connectivity index (χ0) is 11.3. The fourth-order valence-electron chi connectivity index (χ4n) is 1.19. The molecule has 0 amide bonds. The van der Waals surface area contributed by atoms with Crippen molar-refractivity contribution in [3.05, 3.63) is 28.2 Å². The lowest BCUT2D eigenvalue weighted by molar-refractivity contribution is 0.0526. The summed E-state index contributed by atoms with van der Waals surface area (Å²) in [5.41, 5.74) is 1.54. The second kappa shape index (κ2) is 5.75. The van der Waals surface area contributed by atoms with Crippen LogP contribution in [0.15, 0.2) is 22.7 Å². The molecule has 0 aliphatic carbocycles. The van der Waals surface area contributed by atoms with E-state index >= 15 is 0 Å². The maximum Gasteiger partial charge on any atom is 0.338 e. The summed E-state index contributed by atoms with van der Waals surface area (Å²) in [4.78, 5) is 11.4. The molecular weight excluding hydrogens is 258 g/mol. The van der Waals surface area contributed by atoms with E-state index in [1.807, 2.05) is 13.0 Å². The molecule has 1 aromatic rings. The Kier molecular flexibility index (Phi) is 4.62. The molecule has 0 heterocycles. The van der Waals surface area contributed by atoms with Crippen LogP contribution in [0.3, 0.4) is 0 Å². The van der Waals surface area contributed by atoms with Gasteiger partial charge in [0.25, 0.3) is 0 Å². The minimum atomic E-state index is -0.291. The number of esters is 1. The molecule has 0 unspecified atom stereocenters. The second-order valence-electron chi connectivity index (χ2n) is 2.95. The molecule has 0 fully saturated rings. The average molecular weight is 272 g/mol. The van der Waals surface area contributed by atoms with Crippen LogP contribution in [0.4, 0.5) is 5.69 Å². The van der Waals surface area contributed by atoms with Crippen LogP contribution < -0.4 is 5.32 Å². The Labute approximate surface area is 97.9 Å². The molecule has 1 aromatic carbocycles. The number of anilines is 1. The number of carbonyl (C=O) groups is 1. The Morgan fingerprint density at radius 3 is 2.73 bits per heavy atom. The van der Waals surface area contributed by atoms with Gasteiger partial charge in [0.2, 0.25) is 0 Å². The highest BCUT2D eigenvalue weighted by molar-refractivity contribution is 9.10. The fraction of sp³-hybridized carbons (Fsp3) is 0.364. The van der Waals surface area contributed by atoms with Crippen LogP contribution in [0.1, 0.15) is 24.2 Å². The molecule has 0 saturated heterocycles. The van der Waals surface area contributed by atoms with Crippen molar-refractivity contribution in [1.29, 1.82) is 0 Å². The van der Waals surface area contributed by atoms with Crippen LogP contribution >= 0.6 is 15.9 Å². The van der Waals surface area contributed by atoms with Crippen LogP contribution in [0.5, 0.6) is 0 Å². The van der Waals surface area contributed by atoms with Gasteiger partial charge in [0.15, 0.2) is 0 Å². The Morgan fingerprint density at radius 2 is 2.20 bits per heavy atom. The normalized spacial score (nSPS) is 9.80. The molecule has 0 bridgehead atoms. The predicted octanol–water partition coefficient (Wildman–Crippen LogP) is 3.06. The van der Waals surface area contributed by atoms with E-state index in [2.05, 4.69) is 21.2 Å². The Morgan fingerprint density at radius 1 is 1.47 bits per heavy atom. The van der Waals surface area contributed by atoms with Gasteiger partial charge in [-0.25, -0.2) is 4.79 Å². The van der Waals surface area contributed by atoms with Gasteiger partial charge in [-0.3, -0.25) is 0 Å². The van der Waals surface area contributed by atoms with E-state index in [1.54, 1.807) is 19.1 Å². The van der Waals surface area contributed by atoms with Gasteiger partial charge in [-0.1, -0.05) is 0 Å². The monoisotopic (exact) mass is 271 g/mol. The second-order valence-corrected chi connectivity index (χ2v) is 3.80. The molecule has 0 aliphatic heterocycles. The van der Waals surface area contributed by atoms with Crippen molar-refractivity contribution in [3.63, 3.8) is 0 Å². The number of ether oxygens (including phenoxy) is 1. The van der Waals surface area contributed by atoms with E-state index in [-0.39, 0.29) is 5.97 Å². The lowest BCUT2D eigenvalue weighted by atomic mass is 10.2. The molecular formula is C11H14BrNO2. The number of halogens is 1. The highest BCUT2D eigenvalue weighted by Crippen LogP contribution is 2.23. The summed E-state index contributed by atoms with van der Waals surface area (Å²) < 4.78 is 5.77. The zero-order valence-corrected chi connectivity index (χ0v) is 10.4. The number of nitrogens with one attached hydrogen (secondary N) is 1. The van der Waals surface area contributed by atoms with Crippen LogP contribution in [0.25, 0.3) is 0 Å². The minimum Gasteiger partial charge on any atom is -0.462 e. The summed E-state index contributed by atoms with van der Waals surface area (Å²) >= 11 is 3.40. The summed E-state index contributed by atoms with van der Waals surface area (Å²) in [6, 6.07) is 5.37. The molecule has 0 aromatic heterocycles. The van der Waals surface area contributed by atoms with Crippen molar-refractivity contribution in [2.75, 3.05) is 18.5 Å². The van der Waals surface area contributed by atoms with E-state index in [9.17, 15) is 4.79 Å². The Balaban J connectivity index is 2.86. The molecule has 0 saturated carbocycles. The first-order valence-corrected chi connectivity index (χ1v) is 5.68. The number of hydrogen-bond acceptors (Lipinski definition) is 3. The van der Waals surface area contributed by atoms with Crippen LogP contribution in [0.2, 0.25) is 0 Å². The standard InChI is InChI=1S/C11H14BrNO2/c1-3-13-10-6-5-8(7-9(10)12)11(14)15-4-2/h5-7,13H,3-4H2,1-2H3. The van der Waals surface area contributed by atoms with Crippen LogP contribution in [0, 0.1) is 0 Å². The van der Waals surface area contributed by atoms with E-state index in [1.165, 1.54) is 0 Å². The molecule has 82 valence electrons. The average Bonchev–Trinajstić information content (AvgIpc) is 2.21. The zero-order valence-electron chi connectivity index (χ0n) is 8.84. The summed E-state index contributed by atoms with van der Waals surface area (Å²) in [6.45, 7) is 5.05. The summed E-state index contributed by atoms with van der Waals surface area (Å²) in [5, 5.41) is 3.17. The number of benzene rings is 1. The molecule has 15 heavy (non-hydrogen) atoms. The van der Waals surface area contributed by atoms with Gasteiger partial charge in [-0.15, -0.1) is 0 Å². The Bertz CT molecular complexity index is 352. The van der Waals surface area contributed by atoms with Gasteiger partial charge in [-0.2, -0.15) is 0 Å². The number of rotatable bonds is 4. The van der Waals surface area contributed by atoms with E-state index < -0.39 is 0 Å². The van der Waals surface area contributed by atoms with Crippen molar-refractivity contribution in [3.8, 4) is 0 Å². The fourth-order valence-corrected chi connectivity index (χ4v) is 1.71. The number of carbonyl (C=O) groups excluding carboxylic acids is 1. The third kappa shape index (κ3) is 3.23. The third-order valence-electron chi connectivity index (χ3n) is 1.85. The SMILES string of the molecule is CCNc1ccc(C(=O)OCC)cc1Br. The van der Waals surface area contributed by atoms with Gasteiger partial charge in [0, 0.05) is 16.7 Å². The maximum atomic E-state index is 11.4. The van der Waals surface area contributed by atoms with Crippen molar-refractivity contribution >= 4 is 27.6 Å². The topological polar surface area (TPSA) is 38.3 Å². The van der Waals surface area contributed by atoms with Gasteiger partial charge in [0.1, 0.15) is 0 Å². The highest BCUT2D eigenvalue weighted by Gasteiger charge is 2.08. The Hall–Kier alpha value is -1.03. The molecule has 4 heteroatoms. The highest BCUT2D eigenvalue weighted by atomic mass is 79.9. The van der Waals surface area contributed by atoms with Crippen molar-refractivity contribution in [1.82, 2.24) is 0 Å². The molecule has 1 N–H and O–H groups in total. The van der Waals surface area contributed by atoms with Gasteiger partial charge < -0.3 is 10.1 Å². The molecule has 0 radical (unpaired) electrons. The van der Waals surface area contributed by atoms with E-state index in [4.69, 9.17) is 4.74 Å². The molecule has 1 rings (SSSR count). The summed E-state index contributed by atoms with van der Waals surface area (Å²) in [6.07, 6.45) is 0. The van der Waals surface area contributed by atoms with Crippen molar-refractivity contribution in [2.45, 2.75) is 13.8 Å².